The zero-order valence-corrected chi connectivity index (χ0v) is 13.1. The van der Waals surface area contributed by atoms with E-state index < -0.39 is 18.3 Å². The Kier molecular flexibility index (Phi) is 5.49. The smallest absolute Gasteiger partial charge is 0.400 e. The first-order valence-corrected chi connectivity index (χ1v) is 7.28. The maximum absolute atomic E-state index is 9.26. The molecule has 0 N–H and O–H groups in total. The van der Waals surface area contributed by atoms with Gasteiger partial charge in [-0.3, -0.25) is 0 Å². The molecule has 0 saturated carbocycles. The van der Waals surface area contributed by atoms with E-state index in [1.54, 1.807) is 0 Å². The van der Waals surface area contributed by atoms with Crippen LogP contribution in [0.3, 0.4) is 0 Å². The molecule has 1 rings (SSSR count). The minimum Gasteiger partial charge on any atom is -0.400 e. The number of unbranched alkanes of at least 4 members (excludes halogenated alkanes) is 1. The number of nitriles is 1. The van der Waals surface area contributed by atoms with Gasteiger partial charge in [-0.25, -0.2) is 0 Å². The molecule has 3 nitrogen and oxygen atoms in total. The first kappa shape index (κ1) is 16.6. The third kappa shape index (κ3) is 3.75. The lowest BCUT2D eigenvalue weighted by Crippen LogP contribution is -2.41. The molecule has 5 heteroatoms. The van der Waals surface area contributed by atoms with Crippen molar-refractivity contribution in [3.8, 4) is 6.07 Å². The van der Waals surface area contributed by atoms with Crippen molar-refractivity contribution in [2.75, 3.05) is 5.88 Å². The lowest BCUT2D eigenvalue weighted by Gasteiger charge is -2.32. The van der Waals surface area contributed by atoms with Crippen LogP contribution in [0.25, 0.3) is 0 Å². The third-order valence-electron chi connectivity index (χ3n) is 4.04. The van der Waals surface area contributed by atoms with Crippen molar-refractivity contribution in [2.24, 2.45) is 5.92 Å². The maximum Gasteiger partial charge on any atom is 0.491 e. The number of nitrogens with zero attached hydrogens (tertiary/aromatic N) is 1. The van der Waals surface area contributed by atoms with Crippen LogP contribution >= 0.6 is 11.6 Å². The van der Waals surface area contributed by atoms with Gasteiger partial charge in [-0.05, 0) is 46.0 Å². The second-order valence-corrected chi connectivity index (χ2v) is 6.41. The van der Waals surface area contributed by atoms with E-state index in [1.165, 1.54) is 0 Å². The summed E-state index contributed by atoms with van der Waals surface area (Å²) in [5.41, 5.74) is -0.0660. The average Bonchev–Trinajstić information content (AvgIpc) is 2.53. The molecule has 0 spiro atoms. The van der Waals surface area contributed by atoms with Gasteiger partial charge < -0.3 is 9.31 Å². The summed E-state index contributed by atoms with van der Waals surface area (Å²) in [6.45, 7) is 12.0. The van der Waals surface area contributed by atoms with Crippen molar-refractivity contribution in [2.45, 2.75) is 58.2 Å². The van der Waals surface area contributed by atoms with Crippen molar-refractivity contribution in [1.82, 2.24) is 0 Å². The predicted octanol–water partition coefficient (Wildman–Crippen LogP) is 3.72. The van der Waals surface area contributed by atoms with Crippen LogP contribution in [-0.2, 0) is 9.31 Å². The predicted molar refractivity (Wildman–Crippen MR) is 78.9 cm³/mol. The van der Waals surface area contributed by atoms with Gasteiger partial charge in [0.05, 0.1) is 23.2 Å². The topological polar surface area (TPSA) is 42.2 Å². The van der Waals surface area contributed by atoms with Gasteiger partial charge in [0.25, 0.3) is 0 Å². The van der Waals surface area contributed by atoms with Crippen LogP contribution in [0, 0.1) is 17.2 Å². The van der Waals surface area contributed by atoms with Crippen molar-refractivity contribution in [1.29, 1.82) is 5.26 Å². The van der Waals surface area contributed by atoms with E-state index >= 15 is 0 Å². The van der Waals surface area contributed by atoms with Crippen LogP contribution in [0.4, 0.5) is 0 Å². The zero-order chi connectivity index (χ0) is 14.7. The normalized spacial score (nSPS) is 22.0. The summed E-state index contributed by atoms with van der Waals surface area (Å²) in [7, 11) is -0.495. The van der Waals surface area contributed by atoms with Gasteiger partial charge in [-0.2, -0.15) is 5.26 Å². The van der Waals surface area contributed by atoms with Crippen LogP contribution in [-0.4, -0.2) is 24.2 Å². The van der Waals surface area contributed by atoms with E-state index in [0.717, 1.165) is 24.7 Å². The molecular weight excluding hydrogens is 260 g/mol. The monoisotopic (exact) mass is 283 g/mol. The molecule has 1 saturated heterocycles. The minimum absolute atomic E-state index is 0.238. The highest BCUT2D eigenvalue weighted by atomic mass is 35.5. The van der Waals surface area contributed by atoms with Crippen molar-refractivity contribution >= 4 is 18.7 Å². The lowest BCUT2D eigenvalue weighted by atomic mass is 9.71. The highest BCUT2D eigenvalue weighted by molar-refractivity contribution is 6.54. The molecule has 0 unspecified atom stereocenters. The molecule has 1 atom stereocenters. The Balaban J connectivity index is 2.66. The Morgan fingerprint density at radius 3 is 2.21 bits per heavy atom. The van der Waals surface area contributed by atoms with Crippen LogP contribution in [0.1, 0.15) is 47.0 Å². The van der Waals surface area contributed by atoms with Crippen molar-refractivity contribution < 1.29 is 9.31 Å². The number of allylic oxidation sites excluding steroid dienone is 1. The third-order valence-corrected chi connectivity index (χ3v) is 4.30. The van der Waals surface area contributed by atoms with Crippen LogP contribution in [0.2, 0.25) is 0 Å². The zero-order valence-electron chi connectivity index (χ0n) is 12.3. The summed E-state index contributed by atoms with van der Waals surface area (Å²) in [6.07, 6.45) is 2.59. The molecule has 0 aliphatic carbocycles. The number of hydrogen-bond donors (Lipinski definition) is 0. The molecule has 0 aromatic heterocycles. The standard InChI is InChI=1S/C14H23BClNO2/c1-11(12(10-17)8-6-7-9-16)15-18-13(2,3)14(4,5)19-15/h12H,1,6-9H2,2-5H3/t12-/m0/s1. The van der Waals surface area contributed by atoms with Gasteiger partial charge >= 0.3 is 7.12 Å². The SMILES string of the molecule is C=C(B1OC(C)(C)C(C)(C)O1)[C@H](C#N)CCCCCl. The molecule has 1 fully saturated rings. The van der Waals surface area contributed by atoms with Crippen LogP contribution < -0.4 is 0 Å². The Labute approximate surface area is 122 Å². The average molecular weight is 284 g/mol. The highest BCUT2D eigenvalue weighted by Crippen LogP contribution is 2.39. The summed E-state index contributed by atoms with van der Waals surface area (Å²) < 4.78 is 11.8. The Morgan fingerprint density at radius 1 is 1.26 bits per heavy atom. The molecule has 1 aliphatic heterocycles. The second kappa shape index (κ2) is 6.30. The summed E-state index contributed by atoms with van der Waals surface area (Å²) in [5, 5.41) is 9.26. The molecule has 0 bridgehead atoms. The second-order valence-electron chi connectivity index (χ2n) is 6.03. The van der Waals surface area contributed by atoms with Gasteiger partial charge in [-0.15, -0.1) is 18.2 Å². The number of halogens is 1. The molecule has 106 valence electrons. The van der Waals surface area contributed by atoms with Gasteiger partial charge in [-0.1, -0.05) is 6.42 Å². The highest BCUT2D eigenvalue weighted by Gasteiger charge is 2.52. The molecule has 0 radical (unpaired) electrons. The maximum atomic E-state index is 9.26. The number of alkyl halides is 1. The van der Waals surface area contributed by atoms with Gasteiger partial charge in [0.1, 0.15) is 0 Å². The fourth-order valence-electron chi connectivity index (χ4n) is 1.93. The van der Waals surface area contributed by atoms with Crippen LogP contribution in [0.5, 0.6) is 0 Å². The van der Waals surface area contributed by atoms with E-state index in [9.17, 15) is 5.26 Å². The largest absolute Gasteiger partial charge is 0.491 e. The number of hydrogen-bond acceptors (Lipinski definition) is 3. The van der Waals surface area contributed by atoms with E-state index in [-0.39, 0.29) is 5.92 Å². The quantitative estimate of drug-likeness (QED) is 0.424. The molecular formula is C14H23BClNO2. The minimum atomic E-state index is -0.495. The number of rotatable bonds is 6. The molecule has 1 aliphatic rings. The summed E-state index contributed by atoms with van der Waals surface area (Å²) in [6, 6.07) is 2.29. The van der Waals surface area contributed by atoms with Crippen molar-refractivity contribution in [3.05, 3.63) is 12.1 Å². The summed E-state index contributed by atoms with van der Waals surface area (Å²) in [4.78, 5) is 0. The van der Waals surface area contributed by atoms with Crippen molar-refractivity contribution in [3.63, 3.8) is 0 Å². The lowest BCUT2D eigenvalue weighted by molar-refractivity contribution is 0.00578. The Hall–Kier alpha value is -0.495. The molecule has 0 aromatic rings. The van der Waals surface area contributed by atoms with E-state index in [1.807, 2.05) is 27.7 Å². The molecule has 19 heavy (non-hydrogen) atoms. The first-order valence-electron chi connectivity index (χ1n) is 6.75. The van der Waals surface area contributed by atoms with Gasteiger partial charge in [0.2, 0.25) is 0 Å². The van der Waals surface area contributed by atoms with E-state index in [0.29, 0.717) is 5.88 Å². The van der Waals surface area contributed by atoms with E-state index in [4.69, 9.17) is 20.9 Å². The van der Waals surface area contributed by atoms with Gasteiger partial charge in [0, 0.05) is 5.88 Å². The van der Waals surface area contributed by atoms with Gasteiger partial charge in [0.15, 0.2) is 0 Å². The molecule has 0 amide bonds. The summed E-state index contributed by atoms with van der Waals surface area (Å²) >= 11 is 5.65. The Morgan fingerprint density at radius 2 is 1.79 bits per heavy atom. The molecule has 1 heterocycles. The summed E-state index contributed by atoms with van der Waals surface area (Å²) in [5.74, 6) is 0.388. The van der Waals surface area contributed by atoms with Crippen LogP contribution in [0.15, 0.2) is 12.1 Å². The first-order chi connectivity index (χ1) is 8.75. The fourth-order valence-corrected chi connectivity index (χ4v) is 2.12. The molecule has 0 aromatic carbocycles. The van der Waals surface area contributed by atoms with E-state index in [2.05, 4.69) is 12.6 Å². The Bertz CT molecular complexity index is 360. The fraction of sp³-hybridized carbons (Fsp3) is 0.786.